The second kappa shape index (κ2) is 8.85. The molecule has 0 unspecified atom stereocenters. The van der Waals surface area contributed by atoms with Gasteiger partial charge in [0.2, 0.25) is 0 Å². The van der Waals surface area contributed by atoms with E-state index in [1.54, 1.807) is 36.4 Å². The Kier molecular flexibility index (Phi) is 5.81. The number of carbonyl (C=O) groups is 1. The summed E-state index contributed by atoms with van der Waals surface area (Å²) in [4.78, 5) is 12.3. The largest absolute Gasteiger partial charge is 0.455 e. The van der Waals surface area contributed by atoms with Crippen molar-refractivity contribution in [2.24, 2.45) is 0 Å². The van der Waals surface area contributed by atoms with Crippen LogP contribution in [0.3, 0.4) is 0 Å². The molecule has 0 aliphatic carbocycles. The van der Waals surface area contributed by atoms with Gasteiger partial charge in [-0.2, -0.15) is 0 Å². The molecule has 0 spiro atoms. The molecule has 0 bridgehead atoms. The molecule has 7 nitrogen and oxygen atoms in total. The lowest BCUT2D eigenvalue weighted by atomic mass is 10.2. The molecule has 0 saturated carbocycles. The summed E-state index contributed by atoms with van der Waals surface area (Å²) >= 11 is 0. The quantitative estimate of drug-likeness (QED) is 0.430. The number of nitrogens with zero attached hydrogens (tertiary/aromatic N) is 1. The summed E-state index contributed by atoms with van der Waals surface area (Å²) < 4.78 is 38.0. The molecule has 1 N–H and O–H groups in total. The van der Waals surface area contributed by atoms with E-state index in [0.717, 1.165) is 5.56 Å². The van der Waals surface area contributed by atoms with Crippen LogP contribution in [0.1, 0.15) is 16.1 Å². The van der Waals surface area contributed by atoms with E-state index < -0.39 is 16.0 Å². The van der Waals surface area contributed by atoms with Gasteiger partial charge in [0.1, 0.15) is 12.3 Å². The Morgan fingerprint density at radius 1 is 0.903 bits per heavy atom. The normalized spacial score (nSPS) is 11.1. The van der Waals surface area contributed by atoms with E-state index in [4.69, 9.17) is 9.26 Å². The molecule has 0 atom stereocenters. The third-order valence-corrected chi connectivity index (χ3v) is 5.79. The van der Waals surface area contributed by atoms with Crippen LogP contribution in [-0.4, -0.2) is 19.5 Å². The van der Waals surface area contributed by atoms with E-state index in [1.807, 2.05) is 30.3 Å². The zero-order chi connectivity index (χ0) is 21.7. The zero-order valence-corrected chi connectivity index (χ0v) is 17.1. The van der Waals surface area contributed by atoms with Crippen molar-refractivity contribution in [1.29, 1.82) is 0 Å². The van der Waals surface area contributed by atoms with Crippen LogP contribution in [0.5, 0.6) is 0 Å². The Morgan fingerprint density at radius 3 is 2.23 bits per heavy atom. The first-order valence-corrected chi connectivity index (χ1v) is 10.9. The Morgan fingerprint density at radius 2 is 1.55 bits per heavy atom. The van der Waals surface area contributed by atoms with E-state index in [0.29, 0.717) is 17.1 Å². The molecule has 3 aromatic carbocycles. The molecule has 0 saturated heterocycles. The maximum absolute atomic E-state index is 12.5. The SMILES string of the molecule is O=C(OCc1cc(-c2ccccc2)on1)c1ccc(S(=O)(=O)Nc2ccccc2)cc1. The maximum atomic E-state index is 12.5. The molecule has 4 aromatic rings. The summed E-state index contributed by atoms with van der Waals surface area (Å²) in [5.74, 6) is -0.0173. The number of hydrogen-bond acceptors (Lipinski definition) is 6. The molecular weight excluding hydrogens is 416 g/mol. The second-order valence-electron chi connectivity index (χ2n) is 6.62. The van der Waals surface area contributed by atoms with Crippen LogP contribution in [0.4, 0.5) is 5.69 Å². The number of aromatic nitrogens is 1. The third kappa shape index (κ3) is 4.99. The smallest absolute Gasteiger partial charge is 0.338 e. The van der Waals surface area contributed by atoms with Gasteiger partial charge in [0.25, 0.3) is 10.0 Å². The number of nitrogens with one attached hydrogen (secondary N) is 1. The minimum Gasteiger partial charge on any atom is -0.455 e. The highest BCUT2D eigenvalue weighted by molar-refractivity contribution is 7.92. The van der Waals surface area contributed by atoms with Gasteiger partial charge >= 0.3 is 5.97 Å². The van der Waals surface area contributed by atoms with Gasteiger partial charge in [-0.1, -0.05) is 53.7 Å². The Labute approximate surface area is 179 Å². The first-order chi connectivity index (χ1) is 15.0. The van der Waals surface area contributed by atoms with Gasteiger partial charge in [-0.3, -0.25) is 4.72 Å². The van der Waals surface area contributed by atoms with Crippen molar-refractivity contribution in [2.45, 2.75) is 11.5 Å². The number of carbonyl (C=O) groups excluding carboxylic acids is 1. The monoisotopic (exact) mass is 434 g/mol. The van der Waals surface area contributed by atoms with Gasteiger partial charge in [-0.25, -0.2) is 13.2 Å². The van der Waals surface area contributed by atoms with Crippen molar-refractivity contribution >= 4 is 21.7 Å². The van der Waals surface area contributed by atoms with E-state index in [2.05, 4.69) is 9.88 Å². The second-order valence-corrected chi connectivity index (χ2v) is 8.30. The van der Waals surface area contributed by atoms with Crippen molar-refractivity contribution in [3.8, 4) is 11.3 Å². The molecule has 4 rings (SSSR count). The Balaban J connectivity index is 1.38. The number of esters is 1. The van der Waals surface area contributed by atoms with Gasteiger partial charge in [0, 0.05) is 17.3 Å². The molecule has 0 radical (unpaired) electrons. The Bertz CT molecular complexity index is 1270. The molecule has 31 heavy (non-hydrogen) atoms. The summed E-state index contributed by atoms with van der Waals surface area (Å²) in [5, 5.41) is 3.90. The topological polar surface area (TPSA) is 98.5 Å². The first-order valence-electron chi connectivity index (χ1n) is 9.37. The van der Waals surface area contributed by atoms with Crippen molar-refractivity contribution in [3.63, 3.8) is 0 Å². The number of anilines is 1. The van der Waals surface area contributed by atoms with Gasteiger partial charge < -0.3 is 9.26 Å². The predicted octanol–water partition coefficient (Wildman–Crippen LogP) is 4.50. The van der Waals surface area contributed by atoms with Crippen LogP contribution in [-0.2, 0) is 21.4 Å². The fourth-order valence-corrected chi connectivity index (χ4v) is 3.89. The molecule has 0 amide bonds. The zero-order valence-electron chi connectivity index (χ0n) is 16.3. The van der Waals surface area contributed by atoms with Crippen molar-refractivity contribution < 1.29 is 22.5 Å². The van der Waals surface area contributed by atoms with E-state index in [9.17, 15) is 13.2 Å². The molecule has 1 heterocycles. The minimum absolute atomic E-state index is 0.0388. The lowest BCUT2D eigenvalue weighted by Crippen LogP contribution is -2.13. The van der Waals surface area contributed by atoms with E-state index in [-0.39, 0.29) is 17.1 Å². The van der Waals surface area contributed by atoms with Crippen LogP contribution in [0, 0.1) is 0 Å². The summed E-state index contributed by atoms with van der Waals surface area (Å²) in [6.45, 7) is -0.0647. The van der Waals surface area contributed by atoms with Gasteiger partial charge in [-0.05, 0) is 36.4 Å². The van der Waals surface area contributed by atoms with Crippen LogP contribution < -0.4 is 4.72 Å². The molecule has 0 fully saturated rings. The third-order valence-electron chi connectivity index (χ3n) is 4.39. The summed E-state index contributed by atoms with van der Waals surface area (Å²) in [5.41, 5.74) is 2.02. The lowest BCUT2D eigenvalue weighted by Gasteiger charge is -2.08. The van der Waals surface area contributed by atoms with Gasteiger partial charge in [-0.15, -0.1) is 0 Å². The van der Waals surface area contributed by atoms with Crippen molar-refractivity contribution in [3.05, 3.63) is 102 Å². The average molecular weight is 434 g/mol. The molecular formula is C23H18N2O5S. The average Bonchev–Trinajstić information content (AvgIpc) is 3.28. The fraction of sp³-hybridized carbons (Fsp3) is 0.0435. The summed E-state index contributed by atoms with van der Waals surface area (Å²) in [6.07, 6.45) is 0. The highest BCUT2D eigenvalue weighted by Crippen LogP contribution is 2.21. The highest BCUT2D eigenvalue weighted by Gasteiger charge is 2.16. The number of sulfonamides is 1. The van der Waals surface area contributed by atoms with Gasteiger partial charge in [0.15, 0.2) is 5.76 Å². The lowest BCUT2D eigenvalue weighted by molar-refractivity contribution is 0.0464. The predicted molar refractivity (Wildman–Crippen MR) is 115 cm³/mol. The number of benzene rings is 3. The number of hydrogen-bond donors (Lipinski definition) is 1. The molecule has 1 aromatic heterocycles. The van der Waals surface area contributed by atoms with Crippen molar-refractivity contribution in [1.82, 2.24) is 5.16 Å². The van der Waals surface area contributed by atoms with E-state index in [1.165, 1.54) is 24.3 Å². The first kappa shape index (κ1) is 20.4. The molecule has 0 aliphatic heterocycles. The molecule has 8 heteroatoms. The molecule has 156 valence electrons. The maximum Gasteiger partial charge on any atom is 0.338 e. The van der Waals surface area contributed by atoms with Crippen molar-refractivity contribution in [2.75, 3.05) is 4.72 Å². The standard InChI is InChI=1S/C23H18N2O5S/c26-23(29-16-20-15-22(30-24-20)17-7-3-1-4-8-17)18-11-13-21(14-12-18)31(27,28)25-19-9-5-2-6-10-19/h1-15,25H,16H2. The molecule has 0 aliphatic rings. The van der Waals surface area contributed by atoms with Gasteiger partial charge in [0.05, 0.1) is 10.5 Å². The van der Waals surface area contributed by atoms with Crippen LogP contribution in [0.25, 0.3) is 11.3 Å². The summed E-state index contributed by atoms with van der Waals surface area (Å²) in [7, 11) is -3.76. The van der Waals surface area contributed by atoms with Crippen LogP contribution in [0.2, 0.25) is 0 Å². The summed E-state index contributed by atoms with van der Waals surface area (Å²) in [6, 6.07) is 25.2. The number of rotatable bonds is 7. The van der Waals surface area contributed by atoms with Crippen LogP contribution >= 0.6 is 0 Å². The Hall–Kier alpha value is -3.91. The number of ether oxygens (including phenoxy) is 1. The van der Waals surface area contributed by atoms with E-state index >= 15 is 0 Å². The van der Waals surface area contributed by atoms with Crippen LogP contribution in [0.15, 0.2) is 100 Å². The highest BCUT2D eigenvalue weighted by atomic mass is 32.2. The number of para-hydroxylation sites is 1. The fourth-order valence-electron chi connectivity index (χ4n) is 2.83. The minimum atomic E-state index is -3.76.